The first kappa shape index (κ1) is 11.9. The van der Waals surface area contributed by atoms with Gasteiger partial charge in [-0.25, -0.2) is 0 Å². The highest BCUT2D eigenvalue weighted by atomic mass is 16.5. The van der Waals surface area contributed by atoms with Crippen molar-refractivity contribution in [1.29, 1.82) is 0 Å². The molecule has 1 aliphatic heterocycles. The summed E-state index contributed by atoms with van der Waals surface area (Å²) < 4.78 is 5.09. The van der Waals surface area contributed by atoms with Crippen molar-refractivity contribution in [2.45, 2.75) is 6.42 Å². The van der Waals surface area contributed by atoms with Crippen LogP contribution in [0.3, 0.4) is 0 Å². The van der Waals surface area contributed by atoms with Crippen LogP contribution < -0.4 is 0 Å². The van der Waals surface area contributed by atoms with Gasteiger partial charge in [0.1, 0.15) is 6.61 Å². The Hall–Kier alpha value is -1.61. The topological polar surface area (TPSA) is 29.3 Å². The van der Waals surface area contributed by atoms with Crippen LogP contribution in [0.15, 0.2) is 36.4 Å². The lowest BCUT2D eigenvalue weighted by Crippen LogP contribution is -2.10. The Morgan fingerprint density at radius 1 is 1.29 bits per heavy atom. The van der Waals surface area contributed by atoms with Crippen LogP contribution in [0.4, 0.5) is 0 Å². The van der Waals surface area contributed by atoms with Gasteiger partial charge in [-0.05, 0) is 11.6 Å². The number of hydrogen-bond acceptors (Lipinski definition) is 3. The molecule has 1 aromatic carbocycles. The molecule has 17 heavy (non-hydrogen) atoms. The van der Waals surface area contributed by atoms with Gasteiger partial charge in [0.15, 0.2) is 0 Å². The minimum absolute atomic E-state index is 0.116. The zero-order valence-electron chi connectivity index (χ0n) is 9.84. The van der Waals surface area contributed by atoms with Crippen LogP contribution in [-0.4, -0.2) is 37.1 Å². The Morgan fingerprint density at radius 2 is 2.06 bits per heavy atom. The van der Waals surface area contributed by atoms with Gasteiger partial charge in [0.2, 0.25) is 0 Å². The van der Waals surface area contributed by atoms with Crippen molar-refractivity contribution in [3.05, 3.63) is 42.0 Å². The van der Waals surface area contributed by atoms with E-state index in [2.05, 4.69) is 4.90 Å². The van der Waals surface area contributed by atoms with Crippen LogP contribution >= 0.6 is 0 Å². The minimum atomic E-state index is -0.116. The standard InChI is InChI=1S/C14H17NO2/c16-14(8-9-15-10-11-15)17-12-4-7-13-5-2-1-3-6-13/h1-7H,8-12H2/b7-4+. The summed E-state index contributed by atoms with van der Waals surface area (Å²) in [5.41, 5.74) is 1.12. The monoisotopic (exact) mass is 231 g/mol. The van der Waals surface area contributed by atoms with Gasteiger partial charge in [-0.3, -0.25) is 4.79 Å². The Balaban J connectivity index is 1.61. The SMILES string of the molecule is O=C(CCN1CC1)OC/C=C/c1ccccc1. The molecule has 0 saturated carbocycles. The lowest BCUT2D eigenvalue weighted by atomic mass is 10.2. The summed E-state index contributed by atoms with van der Waals surface area (Å²) in [4.78, 5) is 13.5. The molecule has 3 heteroatoms. The largest absolute Gasteiger partial charge is 0.461 e. The summed E-state index contributed by atoms with van der Waals surface area (Å²) in [5, 5.41) is 0. The summed E-state index contributed by atoms with van der Waals surface area (Å²) in [7, 11) is 0. The predicted molar refractivity (Wildman–Crippen MR) is 67.5 cm³/mol. The van der Waals surface area contributed by atoms with Crippen molar-refractivity contribution >= 4 is 12.0 Å². The average Bonchev–Trinajstić information content (AvgIpc) is 3.17. The maximum absolute atomic E-state index is 11.3. The summed E-state index contributed by atoms with van der Waals surface area (Å²) in [6.45, 7) is 3.44. The number of rotatable bonds is 6. The summed E-state index contributed by atoms with van der Waals surface area (Å²) >= 11 is 0. The second-order valence-corrected chi connectivity index (χ2v) is 4.09. The molecule has 0 bridgehead atoms. The van der Waals surface area contributed by atoms with Gasteiger partial charge in [0.25, 0.3) is 0 Å². The first-order valence-electron chi connectivity index (χ1n) is 5.94. The summed E-state index contributed by atoms with van der Waals surface area (Å²) in [5.74, 6) is -0.116. The molecule has 0 atom stereocenters. The van der Waals surface area contributed by atoms with E-state index < -0.39 is 0 Å². The van der Waals surface area contributed by atoms with Crippen LogP contribution in [0, 0.1) is 0 Å². The number of carbonyl (C=O) groups is 1. The first-order chi connectivity index (χ1) is 8.34. The van der Waals surface area contributed by atoms with Crippen LogP contribution in [-0.2, 0) is 9.53 Å². The third-order valence-corrected chi connectivity index (χ3v) is 2.62. The molecule has 1 aromatic rings. The smallest absolute Gasteiger partial charge is 0.307 e. The quantitative estimate of drug-likeness (QED) is 0.553. The van der Waals surface area contributed by atoms with Gasteiger partial charge >= 0.3 is 5.97 Å². The summed E-state index contributed by atoms with van der Waals surface area (Å²) in [6.07, 6.45) is 4.32. The molecular weight excluding hydrogens is 214 g/mol. The average molecular weight is 231 g/mol. The van der Waals surface area contributed by atoms with Crippen molar-refractivity contribution in [2.75, 3.05) is 26.2 Å². The third kappa shape index (κ3) is 4.83. The molecule has 0 spiro atoms. The van der Waals surface area contributed by atoms with Crippen molar-refractivity contribution in [1.82, 2.24) is 4.90 Å². The van der Waals surface area contributed by atoms with E-state index in [1.807, 2.05) is 42.5 Å². The molecule has 1 aliphatic rings. The van der Waals surface area contributed by atoms with Crippen LogP contribution in [0.1, 0.15) is 12.0 Å². The Bertz CT molecular complexity index is 382. The molecule has 1 heterocycles. The van der Waals surface area contributed by atoms with E-state index in [9.17, 15) is 4.79 Å². The van der Waals surface area contributed by atoms with E-state index in [0.717, 1.165) is 25.2 Å². The first-order valence-corrected chi connectivity index (χ1v) is 5.94. The molecule has 90 valence electrons. The maximum Gasteiger partial charge on any atom is 0.307 e. The number of carbonyl (C=O) groups excluding carboxylic acids is 1. The van der Waals surface area contributed by atoms with E-state index >= 15 is 0 Å². The molecule has 1 fully saturated rings. The highest BCUT2D eigenvalue weighted by Gasteiger charge is 2.17. The minimum Gasteiger partial charge on any atom is -0.461 e. The fraction of sp³-hybridized carbons (Fsp3) is 0.357. The van der Waals surface area contributed by atoms with Crippen LogP contribution in [0.2, 0.25) is 0 Å². The van der Waals surface area contributed by atoms with Crippen molar-refractivity contribution in [3.63, 3.8) is 0 Å². The number of hydrogen-bond donors (Lipinski definition) is 0. The Labute approximate surface area is 102 Å². The van der Waals surface area contributed by atoms with Gasteiger partial charge in [0, 0.05) is 19.6 Å². The number of ether oxygens (including phenoxy) is 1. The highest BCUT2D eigenvalue weighted by Crippen LogP contribution is 2.04. The fourth-order valence-corrected chi connectivity index (χ4v) is 1.51. The van der Waals surface area contributed by atoms with Crippen molar-refractivity contribution < 1.29 is 9.53 Å². The lowest BCUT2D eigenvalue weighted by molar-refractivity contribution is -0.142. The molecule has 0 radical (unpaired) electrons. The van der Waals surface area contributed by atoms with Crippen LogP contribution in [0.25, 0.3) is 6.08 Å². The maximum atomic E-state index is 11.3. The van der Waals surface area contributed by atoms with E-state index in [4.69, 9.17) is 4.74 Å². The second-order valence-electron chi connectivity index (χ2n) is 4.09. The fourth-order valence-electron chi connectivity index (χ4n) is 1.51. The van der Waals surface area contributed by atoms with Crippen molar-refractivity contribution in [2.24, 2.45) is 0 Å². The molecule has 0 N–H and O–H groups in total. The van der Waals surface area contributed by atoms with Gasteiger partial charge in [0.05, 0.1) is 6.42 Å². The van der Waals surface area contributed by atoms with Crippen molar-refractivity contribution in [3.8, 4) is 0 Å². The van der Waals surface area contributed by atoms with E-state index in [-0.39, 0.29) is 5.97 Å². The van der Waals surface area contributed by atoms with Gasteiger partial charge in [-0.1, -0.05) is 36.4 Å². The number of esters is 1. The summed E-state index contributed by atoms with van der Waals surface area (Å²) in [6, 6.07) is 9.97. The van der Waals surface area contributed by atoms with Gasteiger partial charge < -0.3 is 9.64 Å². The van der Waals surface area contributed by atoms with Gasteiger partial charge in [-0.15, -0.1) is 0 Å². The Kier molecular flexibility index (Phi) is 4.33. The van der Waals surface area contributed by atoms with Gasteiger partial charge in [-0.2, -0.15) is 0 Å². The van der Waals surface area contributed by atoms with E-state index in [1.54, 1.807) is 0 Å². The lowest BCUT2D eigenvalue weighted by Gasteiger charge is -2.01. The molecule has 0 aliphatic carbocycles. The zero-order chi connectivity index (χ0) is 11.9. The normalized spacial score (nSPS) is 15.1. The number of nitrogens with zero attached hydrogens (tertiary/aromatic N) is 1. The molecule has 1 saturated heterocycles. The number of benzene rings is 1. The molecule has 0 amide bonds. The molecule has 0 aromatic heterocycles. The van der Waals surface area contributed by atoms with E-state index in [1.165, 1.54) is 0 Å². The Morgan fingerprint density at radius 3 is 2.76 bits per heavy atom. The second kappa shape index (κ2) is 6.21. The predicted octanol–water partition coefficient (Wildman–Crippen LogP) is 1.95. The van der Waals surface area contributed by atoms with Crippen LogP contribution in [0.5, 0.6) is 0 Å². The zero-order valence-corrected chi connectivity index (χ0v) is 9.84. The molecule has 2 rings (SSSR count). The highest BCUT2D eigenvalue weighted by molar-refractivity contribution is 5.69. The third-order valence-electron chi connectivity index (χ3n) is 2.62. The molecule has 0 unspecified atom stereocenters. The van der Waals surface area contributed by atoms with E-state index in [0.29, 0.717) is 13.0 Å². The molecule has 3 nitrogen and oxygen atoms in total. The molecular formula is C14H17NO2.